The number of aliphatic hydroxyl groups excluding tert-OH is 1. The summed E-state index contributed by atoms with van der Waals surface area (Å²) in [6.45, 7) is 9.27. The van der Waals surface area contributed by atoms with Crippen molar-refractivity contribution in [1.29, 1.82) is 0 Å². The SMILES string of the molecule is CCCNC(CO)CCOCCC(C)C. The molecule has 0 aliphatic heterocycles. The predicted molar refractivity (Wildman–Crippen MR) is 64.1 cm³/mol. The van der Waals surface area contributed by atoms with E-state index >= 15 is 0 Å². The van der Waals surface area contributed by atoms with Gasteiger partial charge in [0.15, 0.2) is 0 Å². The maximum Gasteiger partial charge on any atom is 0.0585 e. The molecular formula is C12H27NO2. The van der Waals surface area contributed by atoms with Crippen molar-refractivity contribution in [3.63, 3.8) is 0 Å². The average Bonchev–Trinajstić information content (AvgIpc) is 2.21. The second-order valence-corrected chi connectivity index (χ2v) is 4.42. The molecule has 0 aromatic carbocycles. The number of nitrogens with one attached hydrogen (secondary N) is 1. The summed E-state index contributed by atoms with van der Waals surface area (Å²) in [5, 5.41) is 12.4. The predicted octanol–water partition coefficient (Wildman–Crippen LogP) is 1.80. The van der Waals surface area contributed by atoms with E-state index in [0.29, 0.717) is 5.92 Å². The number of aliphatic hydroxyl groups is 1. The van der Waals surface area contributed by atoms with Gasteiger partial charge in [0.25, 0.3) is 0 Å². The van der Waals surface area contributed by atoms with Crippen LogP contribution in [0.4, 0.5) is 0 Å². The van der Waals surface area contributed by atoms with Gasteiger partial charge in [-0.1, -0.05) is 20.8 Å². The molecule has 0 rings (SSSR count). The fourth-order valence-electron chi connectivity index (χ4n) is 1.25. The molecule has 1 unspecified atom stereocenters. The highest BCUT2D eigenvalue weighted by Gasteiger charge is 2.05. The quantitative estimate of drug-likeness (QED) is 0.548. The van der Waals surface area contributed by atoms with Crippen LogP contribution in [0.5, 0.6) is 0 Å². The zero-order valence-electron chi connectivity index (χ0n) is 10.5. The summed E-state index contributed by atoms with van der Waals surface area (Å²) in [6.07, 6.45) is 3.12. The molecule has 0 aliphatic carbocycles. The smallest absolute Gasteiger partial charge is 0.0585 e. The van der Waals surface area contributed by atoms with Crippen molar-refractivity contribution in [2.45, 2.75) is 46.1 Å². The molecule has 2 N–H and O–H groups in total. The van der Waals surface area contributed by atoms with Crippen LogP contribution in [0.3, 0.4) is 0 Å². The van der Waals surface area contributed by atoms with Crippen molar-refractivity contribution in [3.8, 4) is 0 Å². The summed E-state index contributed by atoms with van der Waals surface area (Å²) < 4.78 is 5.51. The van der Waals surface area contributed by atoms with Crippen molar-refractivity contribution in [2.24, 2.45) is 5.92 Å². The second-order valence-electron chi connectivity index (χ2n) is 4.42. The minimum absolute atomic E-state index is 0.198. The van der Waals surface area contributed by atoms with Gasteiger partial charge in [-0.15, -0.1) is 0 Å². The van der Waals surface area contributed by atoms with Crippen LogP contribution in [0.15, 0.2) is 0 Å². The Kier molecular flexibility index (Phi) is 10.3. The third kappa shape index (κ3) is 10.2. The van der Waals surface area contributed by atoms with E-state index in [1.165, 1.54) is 0 Å². The Morgan fingerprint density at radius 2 is 1.87 bits per heavy atom. The Bertz CT molecular complexity index is 129. The van der Waals surface area contributed by atoms with E-state index in [-0.39, 0.29) is 12.6 Å². The van der Waals surface area contributed by atoms with Gasteiger partial charge in [-0.2, -0.15) is 0 Å². The van der Waals surface area contributed by atoms with Crippen LogP contribution in [-0.4, -0.2) is 37.5 Å². The number of hydrogen-bond donors (Lipinski definition) is 2. The van der Waals surface area contributed by atoms with Crippen molar-refractivity contribution in [3.05, 3.63) is 0 Å². The van der Waals surface area contributed by atoms with Crippen LogP contribution in [0.1, 0.15) is 40.0 Å². The standard InChI is InChI=1S/C12H27NO2/c1-4-7-13-12(10-14)6-9-15-8-5-11(2)3/h11-14H,4-10H2,1-3H3. The zero-order valence-corrected chi connectivity index (χ0v) is 10.5. The molecule has 0 radical (unpaired) electrons. The van der Waals surface area contributed by atoms with Crippen molar-refractivity contribution in [1.82, 2.24) is 5.32 Å². The molecule has 3 nitrogen and oxygen atoms in total. The normalized spacial score (nSPS) is 13.4. The summed E-state index contributed by atoms with van der Waals surface area (Å²) in [4.78, 5) is 0. The lowest BCUT2D eigenvalue weighted by Crippen LogP contribution is -2.34. The minimum atomic E-state index is 0.198. The van der Waals surface area contributed by atoms with Crippen LogP contribution < -0.4 is 5.32 Å². The Morgan fingerprint density at radius 3 is 2.40 bits per heavy atom. The summed E-state index contributed by atoms with van der Waals surface area (Å²) in [7, 11) is 0. The first kappa shape index (κ1) is 14.9. The lowest BCUT2D eigenvalue weighted by Gasteiger charge is -2.15. The van der Waals surface area contributed by atoms with E-state index < -0.39 is 0 Å². The van der Waals surface area contributed by atoms with Gasteiger partial charge in [-0.25, -0.2) is 0 Å². The minimum Gasteiger partial charge on any atom is -0.395 e. The van der Waals surface area contributed by atoms with Crippen LogP contribution in [0.2, 0.25) is 0 Å². The molecule has 0 aromatic heterocycles. The van der Waals surface area contributed by atoms with E-state index in [9.17, 15) is 0 Å². The average molecular weight is 217 g/mol. The van der Waals surface area contributed by atoms with Gasteiger partial charge in [-0.3, -0.25) is 0 Å². The lowest BCUT2D eigenvalue weighted by atomic mass is 10.1. The van der Waals surface area contributed by atoms with Crippen LogP contribution in [0.25, 0.3) is 0 Å². The largest absolute Gasteiger partial charge is 0.395 e. The maximum absolute atomic E-state index is 9.08. The van der Waals surface area contributed by atoms with Crippen LogP contribution in [-0.2, 0) is 4.74 Å². The van der Waals surface area contributed by atoms with Gasteiger partial charge in [0.1, 0.15) is 0 Å². The Hall–Kier alpha value is -0.120. The number of rotatable bonds is 10. The highest BCUT2D eigenvalue weighted by atomic mass is 16.5. The van der Waals surface area contributed by atoms with Gasteiger partial charge < -0.3 is 15.2 Å². The summed E-state index contributed by atoms with van der Waals surface area (Å²) >= 11 is 0. The molecule has 0 saturated heterocycles. The molecule has 0 spiro atoms. The third-order valence-electron chi connectivity index (χ3n) is 2.35. The Balaban J connectivity index is 3.30. The fraction of sp³-hybridized carbons (Fsp3) is 1.00. The van der Waals surface area contributed by atoms with Crippen molar-refractivity contribution >= 4 is 0 Å². The molecule has 15 heavy (non-hydrogen) atoms. The molecule has 3 heteroatoms. The molecule has 92 valence electrons. The monoisotopic (exact) mass is 217 g/mol. The van der Waals surface area contributed by atoms with Gasteiger partial charge in [0, 0.05) is 19.3 Å². The summed E-state index contributed by atoms with van der Waals surface area (Å²) in [5.41, 5.74) is 0. The molecule has 0 saturated carbocycles. The van der Waals surface area contributed by atoms with E-state index in [1.54, 1.807) is 0 Å². The molecule has 0 amide bonds. The van der Waals surface area contributed by atoms with E-state index in [2.05, 4.69) is 26.1 Å². The van der Waals surface area contributed by atoms with Crippen molar-refractivity contribution < 1.29 is 9.84 Å². The van der Waals surface area contributed by atoms with Gasteiger partial charge in [0.2, 0.25) is 0 Å². The first-order valence-corrected chi connectivity index (χ1v) is 6.12. The number of hydrogen-bond acceptors (Lipinski definition) is 3. The second kappa shape index (κ2) is 10.4. The highest BCUT2D eigenvalue weighted by molar-refractivity contribution is 4.64. The van der Waals surface area contributed by atoms with Crippen molar-refractivity contribution in [2.75, 3.05) is 26.4 Å². The molecule has 0 aromatic rings. The summed E-state index contributed by atoms with van der Waals surface area (Å²) in [6, 6.07) is 0.198. The Morgan fingerprint density at radius 1 is 1.20 bits per heavy atom. The zero-order chi connectivity index (χ0) is 11.5. The lowest BCUT2D eigenvalue weighted by molar-refractivity contribution is 0.105. The van der Waals surface area contributed by atoms with E-state index in [4.69, 9.17) is 9.84 Å². The molecule has 0 aliphatic rings. The third-order valence-corrected chi connectivity index (χ3v) is 2.35. The first-order valence-electron chi connectivity index (χ1n) is 6.12. The maximum atomic E-state index is 9.08. The topological polar surface area (TPSA) is 41.5 Å². The molecular weight excluding hydrogens is 190 g/mol. The summed E-state index contributed by atoms with van der Waals surface area (Å²) in [5.74, 6) is 0.705. The van der Waals surface area contributed by atoms with Crippen LogP contribution >= 0.6 is 0 Å². The van der Waals surface area contributed by atoms with Gasteiger partial charge in [-0.05, 0) is 31.7 Å². The first-order chi connectivity index (χ1) is 7.20. The Labute approximate surface area is 94.2 Å². The highest BCUT2D eigenvalue weighted by Crippen LogP contribution is 2.00. The van der Waals surface area contributed by atoms with E-state index in [0.717, 1.165) is 39.0 Å². The van der Waals surface area contributed by atoms with Crippen LogP contribution in [0, 0.1) is 5.92 Å². The van der Waals surface area contributed by atoms with Gasteiger partial charge in [0.05, 0.1) is 6.61 Å². The fourth-order valence-corrected chi connectivity index (χ4v) is 1.25. The van der Waals surface area contributed by atoms with E-state index in [1.807, 2.05) is 0 Å². The molecule has 1 atom stereocenters. The molecule has 0 heterocycles. The number of ether oxygens (including phenoxy) is 1. The van der Waals surface area contributed by atoms with Gasteiger partial charge >= 0.3 is 0 Å². The molecule has 0 fully saturated rings. The molecule has 0 bridgehead atoms.